The summed E-state index contributed by atoms with van der Waals surface area (Å²) in [5.41, 5.74) is 1.10. The number of phenols is 1. The lowest BCUT2D eigenvalue weighted by Crippen LogP contribution is -2.16. The molecule has 0 bridgehead atoms. The van der Waals surface area contributed by atoms with Gasteiger partial charge in [-0.1, -0.05) is 6.07 Å². The summed E-state index contributed by atoms with van der Waals surface area (Å²) in [7, 11) is 0. The number of aliphatic hydroxyl groups is 1. The number of aliphatic hydroxyl groups excluding tert-OH is 1. The first-order valence-electron chi connectivity index (χ1n) is 4.70. The average Bonchev–Trinajstić information content (AvgIpc) is 2.17. The number of carbonyl (C=O) groups excluding carboxylic acids is 1. The highest BCUT2D eigenvalue weighted by molar-refractivity contribution is 5.76. The lowest BCUT2D eigenvalue weighted by molar-refractivity contribution is -0.153. The Morgan fingerprint density at radius 2 is 2.20 bits per heavy atom. The van der Waals surface area contributed by atoms with Crippen LogP contribution < -0.4 is 0 Å². The van der Waals surface area contributed by atoms with E-state index in [2.05, 4.69) is 0 Å². The molecule has 0 aliphatic rings. The monoisotopic (exact) mass is 210 g/mol. The van der Waals surface area contributed by atoms with Gasteiger partial charge in [-0.25, -0.2) is 4.79 Å². The van der Waals surface area contributed by atoms with Crippen molar-refractivity contribution in [1.82, 2.24) is 0 Å². The largest absolute Gasteiger partial charge is 0.508 e. The molecule has 4 heteroatoms. The third-order valence-corrected chi connectivity index (χ3v) is 2.06. The first kappa shape index (κ1) is 11.5. The third kappa shape index (κ3) is 2.70. The van der Waals surface area contributed by atoms with Gasteiger partial charge in [-0.05, 0) is 37.1 Å². The van der Waals surface area contributed by atoms with Gasteiger partial charge in [-0.2, -0.15) is 0 Å². The van der Waals surface area contributed by atoms with Crippen LogP contribution in [0.3, 0.4) is 0 Å². The van der Waals surface area contributed by atoms with Crippen LogP contribution in [0.2, 0.25) is 0 Å². The quantitative estimate of drug-likeness (QED) is 0.738. The molecule has 0 fully saturated rings. The number of aromatic hydroxyl groups is 1. The van der Waals surface area contributed by atoms with Crippen LogP contribution in [-0.2, 0) is 9.53 Å². The SMILES string of the molecule is CCOC(=O)C(O)c1ccc(O)cc1C. The fraction of sp³-hybridized carbons (Fsp3) is 0.364. The van der Waals surface area contributed by atoms with Gasteiger partial charge in [-0.3, -0.25) is 0 Å². The van der Waals surface area contributed by atoms with Gasteiger partial charge in [0.2, 0.25) is 0 Å². The Balaban J connectivity index is 2.91. The molecule has 4 nitrogen and oxygen atoms in total. The maximum Gasteiger partial charge on any atom is 0.339 e. The molecular formula is C11H14O4. The molecule has 0 saturated heterocycles. The van der Waals surface area contributed by atoms with Crippen LogP contribution in [0.1, 0.15) is 24.2 Å². The van der Waals surface area contributed by atoms with Crippen molar-refractivity contribution >= 4 is 5.97 Å². The number of hydrogen-bond donors (Lipinski definition) is 2. The van der Waals surface area contributed by atoms with Crippen LogP contribution >= 0.6 is 0 Å². The number of phenolic OH excluding ortho intramolecular Hbond substituents is 1. The molecule has 1 aromatic rings. The summed E-state index contributed by atoms with van der Waals surface area (Å²) in [6, 6.07) is 4.41. The molecule has 15 heavy (non-hydrogen) atoms. The molecule has 0 aliphatic heterocycles. The molecule has 0 radical (unpaired) electrons. The minimum Gasteiger partial charge on any atom is -0.508 e. The Morgan fingerprint density at radius 1 is 1.53 bits per heavy atom. The predicted octanol–water partition coefficient (Wildman–Crippen LogP) is 1.30. The number of carbonyl (C=O) groups is 1. The van der Waals surface area contributed by atoms with Crippen molar-refractivity contribution in [1.29, 1.82) is 0 Å². The van der Waals surface area contributed by atoms with Crippen molar-refractivity contribution in [2.24, 2.45) is 0 Å². The van der Waals surface area contributed by atoms with E-state index in [0.717, 1.165) is 0 Å². The Hall–Kier alpha value is -1.55. The second-order valence-electron chi connectivity index (χ2n) is 3.20. The first-order valence-corrected chi connectivity index (χ1v) is 4.70. The van der Waals surface area contributed by atoms with Crippen molar-refractivity contribution in [3.8, 4) is 5.75 Å². The van der Waals surface area contributed by atoms with E-state index in [0.29, 0.717) is 11.1 Å². The molecule has 0 aliphatic carbocycles. The lowest BCUT2D eigenvalue weighted by Gasteiger charge is -2.12. The number of rotatable bonds is 3. The van der Waals surface area contributed by atoms with E-state index in [1.807, 2.05) is 0 Å². The van der Waals surface area contributed by atoms with Gasteiger partial charge < -0.3 is 14.9 Å². The molecule has 0 spiro atoms. The smallest absolute Gasteiger partial charge is 0.339 e. The maximum atomic E-state index is 11.2. The zero-order valence-electron chi connectivity index (χ0n) is 8.73. The third-order valence-electron chi connectivity index (χ3n) is 2.06. The minimum absolute atomic E-state index is 0.104. The van der Waals surface area contributed by atoms with Gasteiger partial charge >= 0.3 is 5.97 Å². The fourth-order valence-corrected chi connectivity index (χ4v) is 1.31. The highest BCUT2D eigenvalue weighted by atomic mass is 16.5. The number of benzene rings is 1. The van der Waals surface area contributed by atoms with E-state index < -0.39 is 12.1 Å². The maximum absolute atomic E-state index is 11.2. The summed E-state index contributed by atoms with van der Waals surface area (Å²) in [4.78, 5) is 11.2. The van der Waals surface area contributed by atoms with Crippen LogP contribution in [0, 0.1) is 6.92 Å². The lowest BCUT2D eigenvalue weighted by atomic mass is 10.0. The van der Waals surface area contributed by atoms with Gasteiger partial charge in [0.25, 0.3) is 0 Å². The molecule has 0 heterocycles. The van der Waals surface area contributed by atoms with Crippen molar-refractivity contribution in [2.75, 3.05) is 6.61 Å². The van der Waals surface area contributed by atoms with Crippen molar-refractivity contribution < 1.29 is 19.7 Å². The zero-order valence-corrected chi connectivity index (χ0v) is 8.73. The standard InChI is InChI=1S/C11H14O4/c1-3-15-11(14)10(13)9-5-4-8(12)6-7(9)2/h4-6,10,12-13H,3H2,1-2H3. The molecule has 1 rings (SSSR count). The predicted molar refractivity (Wildman–Crippen MR) is 54.4 cm³/mol. The summed E-state index contributed by atoms with van der Waals surface area (Å²) < 4.78 is 4.69. The Bertz CT molecular complexity index is 360. The highest BCUT2D eigenvalue weighted by Gasteiger charge is 2.20. The number of ether oxygens (including phenoxy) is 1. The molecule has 82 valence electrons. The highest BCUT2D eigenvalue weighted by Crippen LogP contribution is 2.22. The molecular weight excluding hydrogens is 196 g/mol. The van der Waals surface area contributed by atoms with Gasteiger partial charge in [0.15, 0.2) is 6.10 Å². The molecule has 1 atom stereocenters. The summed E-state index contributed by atoms with van der Waals surface area (Å²) in [5, 5.41) is 18.8. The molecule has 1 aromatic carbocycles. The Kier molecular flexibility index (Phi) is 3.68. The van der Waals surface area contributed by atoms with Crippen LogP contribution in [0.25, 0.3) is 0 Å². The Labute approximate surface area is 88.1 Å². The number of esters is 1. The number of aryl methyl sites for hydroxylation is 1. The molecule has 2 N–H and O–H groups in total. The van der Waals surface area contributed by atoms with Gasteiger partial charge in [-0.15, -0.1) is 0 Å². The van der Waals surface area contributed by atoms with Crippen molar-refractivity contribution in [3.05, 3.63) is 29.3 Å². The van der Waals surface area contributed by atoms with Gasteiger partial charge in [0, 0.05) is 0 Å². The van der Waals surface area contributed by atoms with Gasteiger partial charge in [0.05, 0.1) is 6.61 Å². The van der Waals surface area contributed by atoms with E-state index in [1.165, 1.54) is 18.2 Å². The van der Waals surface area contributed by atoms with E-state index in [9.17, 15) is 9.90 Å². The molecule has 0 amide bonds. The number of hydrogen-bond acceptors (Lipinski definition) is 4. The molecule has 0 saturated carbocycles. The Morgan fingerprint density at radius 3 is 2.73 bits per heavy atom. The normalized spacial score (nSPS) is 12.2. The average molecular weight is 210 g/mol. The van der Waals surface area contributed by atoms with Crippen molar-refractivity contribution in [3.63, 3.8) is 0 Å². The van der Waals surface area contributed by atoms with E-state index in [1.54, 1.807) is 13.8 Å². The van der Waals surface area contributed by atoms with Crippen LogP contribution in [0.15, 0.2) is 18.2 Å². The zero-order chi connectivity index (χ0) is 11.4. The van der Waals surface area contributed by atoms with Crippen LogP contribution in [0.5, 0.6) is 5.75 Å². The second-order valence-corrected chi connectivity index (χ2v) is 3.20. The molecule has 1 unspecified atom stereocenters. The summed E-state index contributed by atoms with van der Waals surface area (Å²) >= 11 is 0. The van der Waals surface area contributed by atoms with Gasteiger partial charge in [0.1, 0.15) is 5.75 Å². The van der Waals surface area contributed by atoms with E-state index in [-0.39, 0.29) is 12.4 Å². The summed E-state index contributed by atoms with van der Waals surface area (Å²) in [6.07, 6.45) is -1.29. The first-order chi connectivity index (χ1) is 7.06. The van der Waals surface area contributed by atoms with Crippen LogP contribution in [-0.4, -0.2) is 22.8 Å². The topological polar surface area (TPSA) is 66.8 Å². The van der Waals surface area contributed by atoms with E-state index in [4.69, 9.17) is 9.84 Å². The minimum atomic E-state index is -1.29. The summed E-state index contributed by atoms with van der Waals surface area (Å²) in [5.74, 6) is -0.571. The summed E-state index contributed by atoms with van der Waals surface area (Å²) in [6.45, 7) is 3.61. The van der Waals surface area contributed by atoms with Crippen molar-refractivity contribution in [2.45, 2.75) is 20.0 Å². The van der Waals surface area contributed by atoms with Crippen LogP contribution in [0.4, 0.5) is 0 Å². The fourth-order valence-electron chi connectivity index (χ4n) is 1.31. The van der Waals surface area contributed by atoms with E-state index >= 15 is 0 Å². The second kappa shape index (κ2) is 4.79. The molecule has 0 aromatic heterocycles.